The number of rotatable bonds is 9. The molecule has 16 nitrogen and oxygen atoms in total. The number of hydrogen-bond acceptors (Lipinski definition) is 11. The second kappa shape index (κ2) is 15.6. The molecule has 0 atom stereocenters. The summed E-state index contributed by atoms with van der Waals surface area (Å²) in [7, 11) is -2.00. The van der Waals surface area contributed by atoms with Crippen molar-refractivity contribution in [1.29, 1.82) is 5.26 Å². The number of nitrogens with one attached hydrogen (secondary N) is 2. The molecule has 19 heteroatoms. The Balaban J connectivity index is 0.763. The number of imide groups is 1. The zero-order valence-corrected chi connectivity index (χ0v) is 35.5. The van der Waals surface area contributed by atoms with Crippen LogP contribution in [-0.4, -0.2) is 88.6 Å². The first kappa shape index (κ1) is 40.9. The third kappa shape index (κ3) is 7.32. The van der Waals surface area contributed by atoms with Crippen molar-refractivity contribution in [2.24, 2.45) is 12.5 Å². The predicted molar refractivity (Wildman–Crippen MR) is 230 cm³/mol. The highest BCUT2D eigenvalue weighted by molar-refractivity contribution is 7.93. The lowest BCUT2D eigenvalue weighted by atomic mass is 9.60. The maximum atomic E-state index is 15.7. The smallest absolute Gasteiger partial charge is 0.329 e. The first-order chi connectivity index (χ1) is 30.3. The van der Waals surface area contributed by atoms with Gasteiger partial charge in [-0.05, 0) is 112 Å². The minimum Gasteiger partial charge on any atom is -0.453 e. The lowest BCUT2D eigenvalue weighted by molar-refractivity contribution is -0.120. The van der Waals surface area contributed by atoms with E-state index in [1.807, 2.05) is 6.07 Å². The summed E-state index contributed by atoms with van der Waals surface area (Å²) in [5, 5.41) is 17.0. The van der Waals surface area contributed by atoms with E-state index >= 15 is 8.78 Å². The zero-order chi connectivity index (χ0) is 43.8. The van der Waals surface area contributed by atoms with Crippen molar-refractivity contribution in [3.63, 3.8) is 0 Å². The van der Waals surface area contributed by atoms with Crippen molar-refractivity contribution in [2.45, 2.75) is 81.5 Å². The van der Waals surface area contributed by atoms with E-state index in [-0.39, 0.29) is 64.1 Å². The summed E-state index contributed by atoms with van der Waals surface area (Å²) in [4.78, 5) is 48.7. The molecule has 3 saturated heterocycles. The van der Waals surface area contributed by atoms with E-state index in [0.29, 0.717) is 59.9 Å². The molecule has 1 spiro atoms. The summed E-state index contributed by atoms with van der Waals surface area (Å²) in [5.41, 5.74) is 1.16. The van der Waals surface area contributed by atoms with Crippen molar-refractivity contribution in [3.05, 3.63) is 76.3 Å². The minimum atomic E-state index is -3.76. The quantitative estimate of drug-likeness (QED) is 0.176. The van der Waals surface area contributed by atoms with Crippen LogP contribution in [0.15, 0.2) is 53.6 Å². The summed E-state index contributed by atoms with van der Waals surface area (Å²) in [6.07, 6.45) is 9.07. The van der Waals surface area contributed by atoms with Gasteiger partial charge in [0.1, 0.15) is 23.2 Å². The standard InChI is InChI=1S/C44H46F2N10O6S/c1-52-37-21-38(34(46)20-31(37)41(50-52)55-16-11-39(57)49-43(55)59)54-14-9-26(10-15-54)53-17-12-44(13-18-53)22-27(23-44)56-25-48-35-7-5-28(19-30(35)42(56)58)62-40-32(24-47)36(8-6-33(40)45)51-63(60,61)29-3-2-4-29/h5-8,19-21,25-27,29,51H,2-4,9-18,22-23H2,1H3,(H,49,57,59). The van der Waals surface area contributed by atoms with E-state index in [1.165, 1.54) is 29.2 Å². The number of fused-ring (bicyclic) bond motifs is 2. The Morgan fingerprint density at radius 2 is 1.68 bits per heavy atom. The molecule has 0 radical (unpaired) electrons. The Morgan fingerprint density at radius 3 is 2.38 bits per heavy atom. The number of urea groups is 1. The Morgan fingerprint density at radius 1 is 0.921 bits per heavy atom. The number of sulfonamides is 1. The Labute approximate surface area is 361 Å². The second-order valence-electron chi connectivity index (χ2n) is 17.7. The molecule has 5 fully saturated rings. The molecule has 2 N–H and O–H groups in total. The van der Waals surface area contributed by atoms with Gasteiger partial charge in [0.05, 0.1) is 39.4 Å². The molecule has 0 unspecified atom stereocenters. The molecular formula is C44H46F2N10O6S. The molecule has 10 rings (SSSR count). The molecule has 2 aromatic heterocycles. The number of halogens is 2. The molecule has 3 amide bonds. The third-order valence-corrected chi connectivity index (χ3v) is 15.9. The van der Waals surface area contributed by atoms with Gasteiger partial charge in [-0.2, -0.15) is 10.4 Å². The van der Waals surface area contributed by atoms with Crippen LogP contribution in [0.3, 0.4) is 0 Å². The summed E-state index contributed by atoms with van der Waals surface area (Å²) < 4.78 is 68.1. The van der Waals surface area contributed by atoms with Gasteiger partial charge in [0.25, 0.3) is 5.56 Å². The van der Waals surface area contributed by atoms with Gasteiger partial charge in [-0.1, -0.05) is 6.42 Å². The summed E-state index contributed by atoms with van der Waals surface area (Å²) in [6, 6.07) is 11.8. The summed E-state index contributed by atoms with van der Waals surface area (Å²) in [6.45, 7) is 3.47. The van der Waals surface area contributed by atoms with E-state index in [2.05, 4.69) is 29.9 Å². The molecule has 5 aromatic rings. The number of carbonyl (C=O) groups is 2. The van der Waals surface area contributed by atoms with Gasteiger partial charge in [0, 0.05) is 50.6 Å². The van der Waals surface area contributed by atoms with Crippen molar-refractivity contribution in [1.82, 2.24) is 29.5 Å². The summed E-state index contributed by atoms with van der Waals surface area (Å²) >= 11 is 0. The summed E-state index contributed by atoms with van der Waals surface area (Å²) in [5.74, 6) is -1.58. The van der Waals surface area contributed by atoms with E-state index in [9.17, 15) is 28.1 Å². The molecule has 5 aliphatic rings. The number of aryl methyl sites for hydroxylation is 1. The molecular weight excluding hydrogens is 835 g/mol. The maximum Gasteiger partial charge on any atom is 0.329 e. The number of anilines is 3. The van der Waals surface area contributed by atoms with Crippen molar-refractivity contribution >= 4 is 61.0 Å². The van der Waals surface area contributed by atoms with Gasteiger partial charge < -0.3 is 14.5 Å². The van der Waals surface area contributed by atoms with Crippen LogP contribution in [0.1, 0.15) is 75.8 Å². The van der Waals surface area contributed by atoms with Crippen LogP contribution < -0.4 is 30.1 Å². The fourth-order valence-electron chi connectivity index (χ4n) is 10.2. The van der Waals surface area contributed by atoms with Gasteiger partial charge in [-0.15, -0.1) is 0 Å². The Hall–Kier alpha value is -6.13. The van der Waals surface area contributed by atoms with Crippen LogP contribution in [-0.2, 0) is 21.9 Å². The number of carbonyl (C=O) groups excluding carboxylic acids is 2. The first-order valence-corrected chi connectivity index (χ1v) is 23.0. The van der Waals surface area contributed by atoms with E-state index in [4.69, 9.17) is 4.74 Å². The average Bonchev–Trinajstić information content (AvgIpc) is 3.54. The number of ether oxygens (including phenoxy) is 1. The highest BCUT2D eigenvalue weighted by Gasteiger charge is 2.48. The molecule has 3 aromatic carbocycles. The van der Waals surface area contributed by atoms with E-state index in [0.717, 1.165) is 64.1 Å². The van der Waals surface area contributed by atoms with Gasteiger partial charge in [0.2, 0.25) is 15.9 Å². The van der Waals surface area contributed by atoms with Gasteiger partial charge >= 0.3 is 6.03 Å². The number of nitriles is 1. The highest BCUT2D eigenvalue weighted by atomic mass is 32.2. The highest BCUT2D eigenvalue weighted by Crippen LogP contribution is 2.55. The molecule has 63 heavy (non-hydrogen) atoms. The number of benzene rings is 3. The van der Waals surface area contributed by atoms with E-state index < -0.39 is 32.9 Å². The molecule has 2 aliphatic carbocycles. The van der Waals surface area contributed by atoms with Crippen molar-refractivity contribution in [3.8, 4) is 17.6 Å². The number of nitrogens with zero attached hydrogens (tertiary/aromatic N) is 8. The van der Waals surface area contributed by atoms with Crippen LogP contribution >= 0.6 is 0 Å². The Kier molecular flexibility index (Phi) is 10.1. The van der Waals surface area contributed by atoms with Crippen molar-refractivity contribution < 1.29 is 31.5 Å². The predicted octanol–water partition coefficient (Wildman–Crippen LogP) is 6.05. The fraction of sp³-hybridized carbons (Fsp3) is 0.455. The number of piperidine rings is 2. The third-order valence-electron chi connectivity index (χ3n) is 14.1. The molecule has 3 aliphatic heterocycles. The fourth-order valence-corrected chi connectivity index (χ4v) is 11.8. The number of hydrogen-bond donors (Lipinski definition) is 2. The lowest BCUT2D eigenvalue weighted by Crippen LogP contribution is -2.53. The molecule has 328 valence electrons. The number of likely N-dealkylation sites (tertiary alicyclic amines) is 1. The average molecular weight is 881 g/mol. The normalized spacial score (nSPS) is 20.2. The number of aromatic nitrogens is 4. The topological polar surface area (TPSA) is 188 Å². The van der Waals surface area contributed by atoms with Crippen LogP contribution in [0, 0.1) is 28.4 Å². The minimum absolute atomic E-state index is 0.0271. The molecule has 5 heterocycles. The SMILES string of the molecule is Cn1nc(N2CCC(=O)NC2=O)c2cc(F)c(N3CCC(N4CCC5(CC4)CC(n4cnc6ccc(Oc7c(F)ccc(NS(=O)(=O)C8CCC8)c7C#N)cc6c4=O)C5)CC3)cc21. The second-order valence-corrected chi connectivity index (χ2v) is 19.6. The van der Waals surface area contributed by atoms with Gasteiger partial charge in [0.15, 0.2) is 17.4 Å². The monoisotopic (exact) mass is 880 g/mol. The van der Waals surface area contributed by atoms with Crippen LogP contribution in [0.25, 0.3) is 21.8 Å². The maximum absolute atomic E-state index is 15.7. The van der Waals surface area contributed by atoms with Crippen LogP contribution in [0.5, 0.6) is 11.5 Å². The van der Waals surface area contributed by atoms with Crippen LogP contribution in [0.2, 0.25) is 0 Å². The van der Waals surface area contributed by atoms with Gasteiger partial charge in [-0.25, -0.2) is 27.0 Å². The molecule has 2 saturated carbocycles. The lowest BCUT2D eigenvalue weighted by Gasteiger charge is -2.54. The van der Waals surface area contributed by atoms with E-state index in [1.54, 1.807) is 34.8 Å². The molecule has 0 bridgehead atoms. The van der Waals surface area contributed by atoms with Gasteiger partial charge in [-0.3, -0.25) is 33.8 Å². The van der Waals surface area contributed by atoms with Crippen molar-refractivity contribution in [2.75, 3.05) is 47.2 Å². The number of amides is 3. The van der Waals surface area contributed by atoms with Crippen LogP contribution in [0.4, 0.5) is 30.8 Å². The first-order valence-electron chi connectivity index (χ1n) is 21.5. The largest absolute Gasteiger partial charge is 0.453 e. The zero-order valence-electron chi connectivity index (χ0n) is 34.6. The Bertz CT molecular complexity index is 2900.